The molecule has 0 aliphatic heterocycles. The van der Waals surface area contributed by atoms with Crippen molar-refractivity contribution >= 4 is 6.08 Å². The lowest BCUT2D eigenvalue weighted by Crippen LogP contribution is -1.93. The molecule has 2 aromatic rings. The summed E-state index contributed by atoms with van der Waals surface area (Å²) < 4.78 is 5.02. The Bertz CT molecular complexity index is 529. The third-order valence-electron chi connectivity index (χ3n) is 2.69. The van der Waals surface area contributed by atoms with Crippen molar-refractivity contribution in [1.82, 2.24) is 10.1 Å². The first kappa shape index (κ1) is 11.6. The molecule has 0 bridgehead atoms. The molecule has 0 spiro atoms. The maximum atomic E-state index is 5.02. The zero-order valence-electron chi connectivity index (χ0n) is 10.2. The summed E-state index contributed by atoms with van der Waals surface area (Å²) in [4.78, 5) is 4.27. The van der Waals surface area contributed by atoms with Crippen LogP contribution in [-0.2, 0) is 6.42 Å². The largest absolute Gasteiger partial charge is 0.339 e. The molecule has 0 saturated carbocycles. The Morgan fingerprint density at radius 3 is 2.82 bits per heavy atom. The lowest BCUT2D eigenvalue weighted by Gasteiger charge is -2.08. The summed E-state index contributed by atoms with van der Waals surface area (Å²) in [7, 11) is 0. The van der Waals surface area contributed by atoms with Gasteiger partial charge in [-0.25, -0.2) is 0 Å². The van der Waals surface area contributed by atoms with Crippen molar-refractivity contribution < 1.29 is 4.52 Å². The van der Waals surface area contributed by atoms with Crippen LogP contribution in [0.15, 0.2) is 29.3 Å². The molecule has 1 heterocycles. The number of benzene rings is 1. The third-order valence-corrected chi connectivity index (χ3v) is 2.69. The minimum absolute atomic E-state index is 0.580. The van der Waals surface area contributed by atoms with Gasteiger partial charge in [-0.15, -0.1) is 0 Å². The Morgan fingerprint density at radius 1 is 1.41 bits per heavy atom. The smallest absolute Gasteiger partial charge is 0.223 e. The Labute approximate surface area is 101 Å². The highest BCUT2D eigenvalue weighted by Crippen LogP contribution is 2.25. The summed E-state index contributed by atoms with van der Waals surface area (Å²) >= 11 is 0. The summed E-state index contributed by atoms with van der Waals surface area (Å²) in [6.07, 6.45) is 4.01. The second kappa shape index (κ2) is 4.95. The predicted molar refractivity (Wildman–Crippen MR) is 68.6 cm³/mol. The first-order chi connectivity index (χ1) is 8.26. The topological polar surface area (TPSA) is 38.9 Å². The third kappa shape index (κ3) is 2.28. The van der Waals surface area contributed by atoms with Gasteiger partial charge in [0.05, 0.1) is 0 Å². The van der Waals surface area contributed by atoms with Crippen LogP contribution >= 0.6 is 0 Å². The van der Waals surface area contributed by atoms with Crippen molar-refractivity contribution in [2.45, 2.75) is 26.7 Å². The molecular weight excluding hydrogens is 212 g/mol. The van der Waals surface area contributed by atoms with Crippen LogP contribution in [-0.4, -0.2) is 10.1 Å². The molecule has 3 heteroatoms. The van der Waals surface area contributed by atoms with Crippen molar-refractivity contribution in [2.24, 2.45) is 0 Å². The summed E-state index contributed by atoms with van der Waals surface area (Å²) in [5.41, 5.74) is 3.38. The molecule has 0 unspecified atom stereocenters. The molecular formula is C14H16N2O. The summed E-state index contributed by atoms with van der Waals surface area (Å²) in [5.74, 6) is 1.21. The maximum absolute atomic E-state index is 5.02. The maximum Gasteiger partial charge on any atom is 0.223 e. The number of aryl methyl sites for hydroxylation is 2. The monoisotopic (exact) mass is 228 g/mol. The number of rotatable bonds is 4. The van der Waals surface area contributed by atoms with E-state index in [2.05, 4.69) is 29.7 Å². The molecule has 0 amide bonds. The molecule has 3 nitrogen and oxygen atoms in total. The molecule has 0 fully saturated rings. The van der Waals surface area contributed by atoms with Crippen molar-refractivity contribution in [2.75, 3.05) is 0 Å². The highest BCUT2D eigenvalue weighted by Gasteiger charge is 2.11. The Kier molecular flexibility index (Phi) is 3.38. The lowest BCUT2D eigenvalue weighted by molar-refractivity contribution is 0.394. The lowest BCUT2D eigenvalue weighted by atomic mass is 9.97. The van der Waals surface area contributed by atoms with Gasteiger partial charge in [0, 0.05) is 12.5 Å². The van der Waals surface area contributed by atoms with Gasteiger partial charge in [-0.2, -0.15) is 4.98 Å². The van der Waals surface area contributed by atoms with Crippen LogP contribution in [0.3, 0.4) is 0 Å². The van der Waals surface area contributed by atoms with Crippen molar-refractivity contribution in [1.29, 1.82) is 0 Å². The molecule has 0 radical (unpaired) electrons. The van der Waals surface area contributed by atoms with Crippen LogP contribution in [0.25, 0.3) is 17.5 Å². The van der Waals surface area contributed by atoms with Gasteiger partial charge < -0.3 is 4.52 Å². The van der Waals surface area contributed by atoms with E-state index in [-0.39, 0.29) is 0 Å². The average Bonchev–Trinajstić information content (AvgIpc) is 2.76. The van der Waals surface area contributed by atoms with E-state index in [0.717, 1.165) is 24.0 Å². The summed E-state index contributed by atoms with van der Waals surface area (Å²) in [5, 5.41) is 3.96. The van der Waals surface area contributed by atoms with Gasteiger partial charge in [0.2, 0.25) is 11.7 Å². The van der Waals surface area contributed by atoms with Gasteiger partial charge in [-0.1, -0.05) is 49.4 Å². The molecule has 2 rings (SSSR count). The van der Waals surface area contributed by atoms with E-state index in [1.165, 1.54) is 5.56 Å². The highest BCUT2D eigenvalue weighted by molar-refractivity contribution is 5.72. The number of nitrogens with zero attached hydrogens (tertiary/aromatic N) is 2. The normalized spacial score (nSPS) is 10.5. The van der Waals surface area contributed by atoms with Gasteiger partial charge in [-0.3, -0.25) is 0 Å². The van der Waals surface area contributed by atoms with E-state index in [1.807, 2.05) is 18.2 Å². The molecule has 0 aliphatic carbocycles. The molecule has 88 valence electrons. The quantitative estimate of drug-likeness (QED) is 0.802. The van der Waals surface area contributed by atoms with Gasteiger partial charge in [0.1, 0.15) is 0 Å². The minimum Gasteiger partial charge on any atom is -0.339 e. The molecule has 1 aromatic heterocycles. The second-order valence-corrected chi connectivity index (χ2v) is 3.97. The molecule has 0 saturated heterocycles. The van der Waals surface area contributed by atoms with Gasteiger partial charge in [0.25, 0.3) is 0 Å². The Hall–Kier alpha value is -1.90. The fraction of sp³-hybridized carbons (Fsp3) is 0.286. The highest BCUT2D eigenvalue weighted by atomic mass is 16.5. The zero-order valence-corrected chi connectivity index (χ0v) is 10.2. The SMILES string of the molecule is C=Cc1c(CCC)cccc1-c1noc(C)n1. The molecule has 17 heavy (non-hydrogen) atoms. The zero-order chi connectivity index (χ0) is 12.3. The van der Waals surface area contributed by atoms with E-state index in [1.54, 1.807) is 6.92 Å². The number of hydrogen-bond acceptors (Lipinski definition) is 3. The van der Waals surface area contributed by atoms with Gasteiger partial charge in [-0.05, 0) is 17.5 Å². The molecule has 0 aliphatic rings. The van der Waals surface area contributed by atoms with Crippen LogP contribution in [0.5, 0.6) is 0 Å². The second-order valence-electron chi connectivity index (χ2n) is 3.97. The van der Waals surface area contributed by atoms with Gasteiger partial charge >= 0.3 is 0 Å². The fourth-order valence-corrected chi connectivity index (χ4v) is 1.95. The van der Waals surface area contributed by atoms with E-state index in [0.29, 0.717) is 11.7 Å². The van der Waals surface area contributed by atoms with E-state index in [4.69, 9.17) is 4.52 Å². The minimum atomic E-state index is 0.580. The van der Waals surface area contributed by atoms with E-state index < -0.39 is 0 Å². The summed E-state index contributed by atoms with van der Waals surface area (Å²) in [6, 6.07) is 6.15. The van der Waals surface area contributed by atoms with Crippen LogP contribution < -0.4 is 0 Å². The predicted octanol–water partition coefficient (Wildman–Crippen LogP) is 3.64. The van der Waals surface area contributed by atoms with Crippen LogP contribution in [0.4, 0.5) is 0 Å². The van der Waals surface area contributed by atoms with Crippen LogP contribution in [0, 0.1) is 6.92 Å². The molecule has 0 atom stereocenters. The standard InChI is InChI=1S/C14H16N2O/c1-4-7-11-8-6-9-13(12(11)5-2)14-15-10(3)17-16-14/h5-6,8-9H,2,4,7H2,1,3H3. The van der Waals surface area contributed by atoms with Crippen LogP contribution in [0.1, 0.15) is 30.4 Å². The molecule has 0 N–H and O–H groups in total. The van der Waals surface area contributed by atoms with Crippen molar-refractivity contribution in [3.05, 3.63) is 41.8 Å². The first-order valence-corrected chi connectivity index (χ1v) is 5.81. The van der Waals surface area contributed by atoms with Crippen molar-refractivity contribution in [3.63, 3.8) is 0 Å². The average molecular weight is 228 g/mol. The van der Waals surface area contributed by atoms with Crippen molar-refractivity contribution in [3.8, 4) is 11.4 Å². The van der Waals surface area contributed by atoms with E-state index >= 15 is 0 Å². The number of hydrogen-bond donors (Lipinski definition) is 0. The molecule has 1 aromatic carbocycles. The van der Waals surface area contributed by atoms with E-state index in [9.17, 15) is 0 Å². The Morgan fingerprint density at radius 2 is 2.24 bits per heavy atom. The number of aromatic nitrogens is 2. The van der Waals surface area contributed by atoms with Crippen LogP contribution in [0.2, 0.25) is 0 Å². The summed E-state index contributed by atoms with van der Waals surface area (Å²) in [6.45, 7) is 7.84. The first-order valence-electron chi connectivity index (χ1n) is 5.81. The fourth-order valence-electron chi connectivity index (χ4n) is 1.95. The van der Waals surface area contributed by atoms with Gasteiger partial charge in [0.15, 0.2) is 0 Å². The Balaban J connectivity index is 2.53.